The molecule has 1 saturated carbocycles. The Hall–Kier alpha value is -1.24. The number of carboxylic acids is 1. The molecule has 28 heavy (non-hydrogen) atoms. The topological polar surface area (TPSA) is 60.9 Å². The van der Waals surface area contributed by atoms with Crippen molar-refractivity contribution in [3.63, 3.8) is 0 Å². The molecule has 1 amide bonds. The average Bonchev–Trinajstić information content (AvgIpc) is 3.46. The first-order chi connectivity index (χ1) is 13.4. The van der Waals surface area contributed by atoms with Crippen LogP contribution in [0.25, 0.3) is 0 Å². The Labute approximate surface area is 176 Å². The molecule has 0 bridgehead atoms. The van der Waals surface area contributed by atoms with E-state index in [1.165, 1.54) is 12.8 Å². The van der Waals surface area contributed by atoms with E-state index in [1.807, 2.05) is 41.1 Å². The molecule has 0 aromatic heterocycles. The summed E-state index contributed by atoms with van der Waals surface area (Å²) < 4.78 is 2.25. The lowest BCUT2D eigenvalue weighted by Gasteiger charge is -2.44. The first-order valence-electron chi connectivity index (χ1n) is 10.1. The predicted molar refractivity (Wildman–Crippen MR) is 113 cm³/mol. The minimum atomic E-state index is -0.905. The predicted octanol–water partition coefficient (Wildman–Crippen LogP) is 4.62. The van der Waals surface area contributed by atoms with Crippen molar-refractivity contribution in [2.75, 3.05) is 13.6 Å². The largest absolute Gasteiger partial charge is 0.481 e. The van der Waals surface area contributed by atoms with Gasteiger partial charge < -0.3 is 10.0 Å². The van der Waals surface area contributed by atoms with Crippen molar-refractivity contribution in [2.45, 2.75) is 62.8 Å². The number of hydrogen-bond acceptors (Lipinski definition) is 4. The Bertz CT molecular complexity index is 695. The summed E-state index contributed by atoms with van der Waals surface area (Å²) in [5, 5.41) is 10.6. The molecule has 5 nitrogen and oxygen atoms in total. The zero-order valence-corrected chi connectivity index (χ0v) is 18.1. The molecule has 1 N–H and O–H groups in total. The molecule has 2 unspecified atom stereocenters. The van der Waals surface area contributed by atoms with Gasteiger partial charge >= 0.3 is 5.97 Å². The first kappa shape index (κ1) is 21.5. The molecule has 1 saturated heterocycles. The van der Waals surface area contributed by atoms with E-state index in [1.54, 1.807) is 0 Å². The summed E-state index contributed by atoms with van der Waals surface area (Å²) in [6.07, 6.45) is 4.67. The Morgan fingerprint density at radius 2 is 1.96 bits per heavy atom. The van der Waals surface area contributed by atoms with Gasteiger partial charge in [-0.1, -0.05) is 42.6 Å². The summed E-state index contributed by atoms with van der Waals surface area (Å²) in [6.45, 7) is 2.89. The highest BCUT2D eigenvalue weighted by molar-refractivity contribution is 7.97. The zero-order valence-electron chi connectivity index (χ0n) is 16.5. The van der Waals surface area contributed by atoms with Crippen molar-refractivity contribution in [1.29, 1.82) is 0 Å². The molecule has 1 aliphatic carbocycles. The minimum Gasteiger partial charge on any atom is -0.481 e. The molecule has 1 aromatic carbocycles. The van der Waals surface area contributed by atoms with E-state index in [4.69, 9.17) is 11.6 Å². The third-order valence-corrected chi connectivity index (χ3v) is 7.12. The third kappa shape index (κ3) is 5.43. The van der Waals surface area contributed by atoms with Crippen LogP contribution < -0.4 is 0 Å². The zero-order chi connectivity index (χ0) is 20.3. The molecule has 1 heterocycles. The van der Waals surface area contributed by atoms with Crippen molar-refractivity contribution < 1.29 is 14.7 Å². The van der Waals surface area contributed by atoms with Crippen molar-refractivity contribution in [2.24, 2.45) is 5.92 Å². The number of carboxylic acid groups (broad SMARTS) is 1. The third-order valence-electron chi connectivity index (χ3n) is 5.59. The number of aliphatic carboxylic acids is 1. The molecule has 1 aromatic rings. The van der Waals surface area contributed by atoms with Crippen LogP contribution in [0.2, 0.25) is 5.02 Å². The lowest BCUT2D eigenvalue weighted by atomic mass is 9.85. The highest BCUT2D eigenvalue weighted by atomic mass is 35.5. The van der Waals surface area contributed by atoms with Gasteiger partial charge in [0.25, 0.3) is 0 Å². The maximum atomic E-state index is 13.3. The monoisotopic (exact) mass is 424 g/mol. The van der Waals surface area contributed by atoms with Gasteiger partial charge in [-0.3, -0.25) is 13.9 Å². The number of nitrogens with zero attached hydrogens (tertiary/aromatic N) is 2. The molecule has 2 aliphatic rings. The second-order valence-electron chi connectivity index (χ2n) is 7.86. The van der Waals surface area contributed by atoms with Crippen molar-refractivity contribution in [3.8, 4) is 0 Å². The van der Waals surface area contributed by atoms with Crippen LogP contribution in [0.5, 0.6) is 0 Å². The second-order valence-corrected chi connectivity index (χ2v) is 9.80. The van der Waals surface area contributed by atoms with Crippen LogP contribution in [0.1, 0.15) is 57.1 Å². The van der Waals surface area contributed by atoms with Crippen LogP contribution in [0.4, 0.5) is 0 Å². The van der Waals surface area contributed by atoms with E-state index in [2.05, 4.69) is 18.3 Å². The van der Waals surface area contributed by atoms with Crippen LogP contribution >= 0.6 is 23.5 Å². The number of hydrogen-bond donors (Lipinski definition) is 1. The maximum Gasteiger partial charge on any atom is 0.304 e. The lowest BCUT2D eigenvalue weighted by molar-refractivity contribution is -0.151. The summed E-state index contributed by atoms with van der Waals surface area (Å²) in [4.78, 5) is 26.6. The maximum absolute atomic E-state index is 13.3. The number of rotatable bonds is 9. The molecular weight excluding hydrogens is 396 g/mol. The highest BCUT2D eigenvalue weighted by Gasteiger charge is 2.40. The molecule has 7 heteroatoms. The van der Waals surface area contributed by atoms with Crippen molar-refractivity contribution in [3.05, 3.63) is 34.9 Å². The molecule has 1 aliphatic heterocycles. The summed E-state index contributed by atoms with van der Waals surface area (Å²) >= 11 is 7.92. The number of benzene rings is 1. The van der Waals surface area contributed by atoms with E-state index in [-0.39, 0.29) is 24.4 Å². The fourth-order valence-corrected chi connectivity index (χ4v) is 5.25. The van der Waals surface area contributed by atoms with E-state index >= 15 is 0 Å². The van der Waals surface area contributed by atoms with E-state index in [0.29, 0.717) is 16.7 Å². The van der Waals surface area contributed by atoms with E-state index < -0.39 is 11.9 Å². The van der Waals surface area contributed by atoms with Gasteiger partial charge in [0.2, 0.25) is 5.91 Å². The van der Waals surface area contributed by atoms with Crippen LogP contribution in [0.15, 0.2) is 24.3 Å². The van der Waals surface area contributed by atoms with Crippen molar-refractivity contribution >= 4 is 35.4 Å². The SMILES string of the molecule is CC[C@@H](CN(C)SC1CC1)N1C(=O)C(CC(=O)O)CCC1c1ccc(Cl)cc1. The van der Waals surface area contributed by atoms with E-state index in [9.17, 15) is 14.7 Å². The molecular formula is C21H29ClN2O3S. The highest BCUT2D eigenvalue weighted by Crippen LogP contribution is 2.40. The Kier molecular flexibility index (Phi) is 7.29. The van der Waals surface area contributed by atoms with Gasteiger partial charge in [-0.2, -0.15) is 0 Å². The van der Waals surface area contributed by atoms with Gasteiger partial charge in [-0.15, -0.1) is 0 Å². The van der Waals surface area contributed by atoms with Gasteiger partial charge in [0, 0.05) is 28.8 Å². The number of carbonyl (C=O) groups is 2. The number of halogens is 1. The standard InChI is InChI=1S/C21H29ClN2O3S/c1-3-17(13-23(2)28-18-9-10-18)24-19(14-4-7-16(22)8-5-14)11-6-15(21(24)27)12-20(25)26/h4-5,7-8,15,17-19H,3,6,9-13H2,1-2H3,(H,25,26)/t15?,17-,19?/m0/s1. The average molecular weight is 425 g/mol. The van der Waals surface area contributed by atoms with Crippen LogP contribution in [-0.4, -0.2) is 51.1 Å². The smallest absolute Gasteiger partial charge is 0.304 e. The Morgan fingerprint density at radius 3 is 2.54 bits per heavy atom. The second kappa shape index (κ2) is 9.51. The Morgan fingerprint density at radius 1 is 1.29 bits per heavy atom. The van der Waals surface area contributed by atoms with Crippen LogP contribution in [0.3, 0.4) is 0 Å². The van der Waals surface area contributed by atoms with Gasteiger partial charge in [0.15, 0.2) is 0 Å². The quantitative estimate of drug-likeness (QED) is 0.586. The van der Waals surface area contributed by atoms with Gasteiger partial charge in [0.1, 0.15) is 0 Å². The summed E-state index contributed by atoms with van der Waals surface area (Å²) in [7, 11) is 2.09. The van der Waals surface area contributed by atoms with Gasteiger partial charge in [0.05, 0.1) is 12.5 Å². The molecule has 154 valence electrons. The molecule has 0 radical (unpaired) electrons. The van der Waals surface area contributed by atoms with Crippen molar-refractivity contribution in [1.82, 2.24) is 9.21 Å². The number of likely N-dealkylation sites (N-methyl/N-ethyl adjacent to an activating group) is 1. The van der Waals surface area contributed by atoms with Gasteiger partial charge in [-0.05, 0) is 56.8 Å². The number of carbonyl (C=O) groups excluding carboxylic acids is 1. The lowest BCUT2D eigenvalue weighted by Crippen LogP contribution is -2.52. The fraction of sp³-hybridized carbons (Fsp3) is 0.619. The van der Waals surface area contributed by atoms with Gasteiger partial charge in [-0.25, -0.2) is 0 Å². The normalized spacial score (nSPS) is 23.9. The molecule has 2 fully saturated rings. The number of piperidine rings is 1. The van der Waals surface area contributed by atoms with Crippen LogP contribution in [-0.2, 0) is 9.59 Å². The minimum absolute atomic E-state index is 0.0229. The van der Waals surface area contributed by atoms with E-state index in [0.717, 1.165) is 24.9 Å². The molecule has 3 rings (SSSR count). The van der Waals surface area contributed by atoms with Crippen LogP contribution in [0, 0.1) is 5.92 Å². The number of amides is 1. The number of likely N-dealkylation sites (tertiary alicyclic amines) is 1. The summed E-state index contributed by atoms with van der Waals surface area (Å²) in [5.74, 6) is -1.36. The molecule has 0 spiro atoms. The summed E-state index contributed by atoms with van der Waals surface area (Å²) in [6, 6.07) is 7.72. The molecule has 3 atom stereocenters. The first-order valence-corrected chi connectivity index (χ1v) is 11.3. The summed E-state index contributed by atoms with van der Waals surface area (Å²) in [5.41, 5.74) is 1.07. The fourth-order valence-electron chi connectivity index (χ4n) is 4.01. The Balaban J connectivity index is 1.83.